The summed E-state index contributed by atoms with van der Waals surface area (Å²) in [6, 6.07) is 83.5. The highest BCUT2D eigenvalue weighted by Gasteiger charge is 2.23. The molecule has 0 atom stereocenters. The van der Waals surface area contributed by atoms with Crippen LogP contribution in [0.25, 0.3) is 123 Å². The van der Waals surface area contributed by atoms with E-state index in [2.05, 4.69) is 187 Å². The van der Waals surface area contributed by atoms with Crippen LogP contribution in [0.15, 0.2) is 231 Å². The topological polar surface area (TPSA) is 72.3 Å². The highest BCUT2D eigenvalue weighted by Crippen LogP contribution is 2.44. The Morgan fingerprint density at radius 2 is 0.722 bits per heavy atom. The average molecular weight is 921 g/mol. The van der Waals surface area contributed by atoms with Gasteiger partial charge in [-0.1, -0.05) is 187 Å². The monoisotopic (exact) mass is 920 g/mol. The van der Waals surface area contributed by atoms with Crippen LogP contribution in [0.5, 0.6) is 0 Å². The number of rotatable bonds is 8. The quantitative estimate of drug-likeness (QED) is 0.152. The molecule has 6 nitrogen and oxygen atoms in total. The van der Waals surface area contributed by atoms with Crippen LogP contribution in [-0.4, -0.2) is 24.1 Å². The van der Waals surface area contributed by atoms with Crippen molar-refractivity contribution in [3.05, 3.63) is 247 Å². The van der Waals surface area contributed by atoms with Crippen LogP contribution in [0, 0.1) is 25.2 Å². The van der Waals surface area contributed by atoms with Crippen molar-refractivity contribution in [1.29, 1.82) is 5.26 Å². The summed E-state index contributed by atoms with van der Waals surface area (Å²) in [6.07, 6.45) is 0. The maximum absolute atomic E-state index is 10.6. The molecule has 3 aromatic heterocycles. The Balaban J connectivity index is 1.10. The fourth-order valence-electron chi connectivity index (χ4n) is 10.5. The van der Waals surface area contributed by atoms with Crippen molar-refractivity contribution in [2.24, 2.45) is 0 Å². The number of nitriles is 1. The van der Waals surface area contributed by atoms with Crippen LogP contribution in [0.4, 0.5) is 0 Å². The van der Waals surface area contributed by atoms with Crippen molar-refractivity contribution in [2.75, 3.05) is 0 Å². The molecule has 0 aliphatic heterocycles. The molecule has 0 fully saturated rings. The maximum Gasteiger partial charge on any atom is 0.164 e. The third-order valence-corrected chi connectivity index (χ3v) is 13.9. The van der Waals surface area contributed by atoms with E-state index in [1.165, 1.54) is 22.3 Å². The molecule has 0 spiro atoms. The summed E-state index contributed by atoms with van der Waals surface area (Å²) in [5, 5.41) is 15.1. The molecule has 0 aliphatic rings. The van der Waals surface area contributed by atoms with Gasteiger partial charge >= 0.3 is 0 Å². The number of nitrogens with zero attached hydrogens (tertiary/aromatic N) is 6. The summed E-state index contributed by atoms with van der Waals surface area (Å²) in [5.74, 6) is 1.75. The van der Waals surface area contributed by atoms with Crippen molar-refractivity contribution < 1.29 is 0 Å². The SMILES string of the molecule is Cc1cccc(-c2ccc3c(c2)c2ccccc2n3-c2cc(C#N)ccc2-c2ccc(-c3nc(-c4ccccc4)nc(-c4ccccc4)n3)cc2-n2c3ccccc3c3cc(-c4cccc(C)c4)ccc32)c1. The molecule has 6 heteroatoms. The molecule has 72 heavy (non-hydrogen) atoms. The third kappa shape index (κ3) is 7.31. The van der Waals surface area contributed by atoms with Gasteiger partial charge in [0.05, 0.1) is 45.1 Å². The lowest BCUT2D eigenvalue weighted by atomic mass is 9.97. The molecule has 0 aliphatic carbocycles. The van der Waals surface area contributed by atoms with E-state index < -0.39 is 0 Å². The first-order chi connectivity index (χ1) is 35.5. The normalized spacial score (nSPS) is 11.5. The summed E-state index contributed by atoms with van der Waals surface area (Å²) in [6.45, 7) is 4.27. The maximum atomic E-state index is 10.6. The minimum atomic E-state index is 0.560. The van der Waals surface area contributed by atoms with Crippen LogP contribution in [0.1, 0.15) is 16.7 Å². The average Bonchev–Trinajstić information content (AvgIpc) is 3.95. The minimum absolute atomic E-state index is 0.560. The zero-order valence-electron chi connectivity index (χ0n) is 39.6. The summed E-state index contributed by atoms with van der Waals surface area (Å²) in [5.41, 5.74) is 18.3. The lowest BCUT2D eigenvalue weighted by Crippen LogP contribution is -2.04. The first kappa shape index (κ1) is 42.4. The van der Waals surface area contributed by atoms with Gasteiger partial charge in [-0.05, 0) is 90.7 Å². The van der Waals surface area contributed by atoms with E-state index >= 15 is 0 Å². The second-order valence-electron chi connectivity index (χ2n) is 18.5. The number of fused-ring (bicyclic) bond motifs is 6. The van der Waals surface area contributed by atoms with E-state index in [4.69, 9.17) is 15.0 Å². The highest BCUT2D eigenvalue weighted by molar-refractivity contribution is 6.13. The van der Waals surface area contributed by atoms with Crippen molar-refractivity contribution in [3.8, 4) is 85.0 Å². The van der Waals surface area contributed by atoms with Crippen molar-refractivity contribution in [1.82, 2.24) is 24.1 Å². The molecule has 0 N–H and O–H groups in total. The largest absolute Gasteiger partial charge is 0.309 e. The Hall–Kier alpha value is -9.70. The number of para-hydroxylation sites is 2. The minimum Gasteiger partial charge on any atom is -0.309 e. The Labute approximate surface area is 417 Å². The second-order valence-corrected chi connectivity index (χ2v) is 18.5. The Kier molecular flexibility index (Phi) is 10.2. The van der Waals surface area contributed by atoms with Gasteiger partial charge in [-0.2, -0.15) is 5.26 Å². The predicted octanol–water partition coefficient (Wildman–Crippen LogP) is 16.6. The van der Waals surface area contributed by atoms with Crippen LogP contribution < -0.4 is 0 Å². The number of hydrogen-bond acceptors (Lipinski definition) is 4. The molecule has 0 unspecified atom stereocenters. The number of aryl methyl sites for hydroxylation is 2. The Morgan fingerprint density at radius 3 is 1.22 bits per heavy atom. The van der Waals surface area contributed by atoms with Gasteiger partial charge in [0.1, 0.15) is 0 Å². The molecular weight excluding hydrogens is 877 g/mol. The zero-order valence-corrected chi connectivity index (χ0v) is 39.6. The van der Waals surface area contributed by atoms with Crippen molar-refractivity contribution in [2.45, 2.75) is 13.8 Å². The molecule has 0 amide bonds. The van der Waals surface area contributed by atoms with Gasteiger partial charge in [0.25, 0.3) is 0 Å². The first-order valence-corrected chi connectivity index (χ1v) is 24.2. The van der Waals surface area contributed by atoms with Gasteiger partial charge in [0.15, 0.2) is 17.5 Å². The van der Waals surface area contributed by atoms with E-state index in [0.717, 1.165) is 93.9 Å². The Morgan fingerprint density at radius 1 is 0.319 bits per heavy atom. The third-order valence-electron chi connectivity index (χ3n) is 13.9. The van der Waals surface area contributed by atoms with Gasteiger partial charge < -0.3 is 9.13 Å². The molecule has 3 heterocycles. The van der Waals surface area contributed by atoms with Crippen molar-refractivity contribution in [3.63, 3.8) is 0 Å². The fourth-order valence-corrected chi connectivity index (χ4v) is 10.5. The van der Waals surface area contributed by atoms with E-state index in [0.29, 0.717) is 23.0 Å². The number of benzene rings is 10. The molecule has 0 bridgehead atoms. The van der Waals surface area contributed by atoms with Crippen LogP contribution >= 0.6 is 0 Å². The summed E-state index contributed by atoms with van der Waals surface area (Å²) in [4.78, 5) is 15.5. The molecule has 10 aromatic carbocycles. The van der Waals surface area contributed by atoms with Gasteiger partial charge in [0, 0.05) is 49.4 Å². The lowest BCUT2D eigenvalue weighted by molar-refractivity contribution is 1.07. The zero-order chi connectivity index (χ0) is 48.3. The molecule has 0 saturated heterocycles. The molecule has 13 aromatic rings. The summed E-state index contributed by atoms with van der Waals surface area (Å²) < 4.78 is 4.73. The van der Waals surface area contributed by atoms with Gasteiger partial charge in [-0.25, -0.2) is 15.0 Å². The second kappa shape index (κ2) is 17.4. The van der Waals surface area contributed by atoms with E-state index in [1.807, 2.05) is 72.8 Å². The fraction of sp³-hybridized carbons (Fsp3) is 0.0303. The van der Waals surface area contributed by atoms with E-state index in [9.17, 15) is 5.26 Å². The Bertz CT molecular complexity index is 4250. The van der Waals surface area contributed by atoms with E-state index in [-0.39, 0.29) is 0 Å². The molecule has 13 rings (SSSR count). The summed E-state index contributed by atoms with van der Waals surface area (Å²) in [7, 11) is 0. The highest BCUT2D eigenvalue weighted by atomic mass is 15.0. The molecular formula is C66H44N6. The summed E-state index contributed by atoms with van der Waals surface area (Å²) >= 11 is 0. The number of aromatic nitrogens is 5. The van der Waals surface area contributed by atoms with Gasteiger partial charge in [-0.15, -0.1) is 0 Å². The molecule has 0 radical (unpaired) electrons. The molecule has 338 valence electrons. The van der Waals surface area contributed by atoms with Crippen LogP contribution in [0.3, 0.4) is 0 Å². The lowest BCUT2D eigenvalue weighted by Gasteiger charge is -2.20. The van der Waals surface area contributed by atoms with Crippen LogP contribution in [-0.2, 0) is 0 Å². The smallest absolute Gasteiger partial charge is 0.164 e. The van der Waals surface area contributed by atoms with E-state index in [1.54, 1.807) is 0 Å². The number of hydrogen-bond donors (Lipinski definition) is 0. The van der Waals surface area contributed by atoms with Gasteiger partial charge in [0.2, 0.25) is 0 Å². The first-order valence-electron chi connectivity index (χ1n) is 24.2. The van der Waals surface area contributed by atoms with Gasteiger partial charge in [-0.3, -0.25) is 0 Å². The standard InChI is InChI=1S/C66H44N6/c1-42-15-13-21-47(35-42)49-29-33-60-56(38-49)52-23-9-11-25-58(52)71(60)62-37-44(41-67)27-31-54(62)55-32-28-51(66-69-64(45-17-5-3-6-18-45)68-65(70-66)46-19-7-4-8-20-46)40-63(55)72-59-26-12-10-24-53(59)57-39-50(30-34-61(57)72)48-22-14-16-43(2)36-48/h3-40H,1-2H3. The predicted molar refractivity (Wildman–Crippen MR) is 295 cm³/mol. The van der Waals surface area contributed by atoms with Crippen molar-refractivity contribution >= 4 is 43.6 Å². The van der Waals surface area contributed by atoms with Crippen LogP contribution in [0.2, 0.25) is 0 Å². The molecule has 0 saturated carbocycles.